The Labute approximate surface area is 167 Å². The van der Waals surface area contributed by atoms with Crippen LogP contribution < -0.4 is 10.1 Å². The van der Waals surface area contributed by atoms with Gasteiger partial charge < -0.3 is 15.0 Å². The van der Waals surface area contributed by atoms with Crippen molar-refractivity contribution in [2.45, 2.75) is 19.8 Å². The molecule has 0 spiro atoms. The summed E-state index contributed by atoms with van der Waals surface area (Å²) in [5.74, 6) is 1.04. The van der Waals surface area contributed by atoms with Crippen LogP contribution >= 0.6 is 35.3 Å². The van der Waals surface area contributed by atoms with E-state index in [9.17, 15) is 4.79 Å². The molecule has 1 aliphatic rings. The molecule has 2 aromatic rings. The summed E-state index contributed by atoms with van der Waals surface area (Å²) < 4.78 is 6.00. The number of anilines is 1. The van der Waals surface area contributed by atoms with E-state index in [1.165, 1.54) is 35.9 Å². The number of hydrogen-bond acceptors (Lipinski definition) is 6. The highest BCUT2D eigenvalue weighted by Gasteiger charge is 2.17. The van der Waals surface area contributed by atoms with E-state index in [4.69, 9.17) is 17.0 Å². The fourth-order valence-electron chi connectivity index (χ4n) is 2.74. The number of nitrogens with zero attached hydrogens (tertiary/aromatic N) is 2. The largest absolute Gasteiger partial charge is 0.497 e. The molecule has 0 saturated carbocycles. The molecule has 0 radical (unpaired) electrons. The number of likely N-dealkylation sites (tertiary alicyclic amines) is 1. The Balaban J connectivity index is 1.57. The Morgan fingerprint density at radius 1 is 1.35 bits per heavy atom. The smallest absolute Gasteiger partial charge is 0.236 e. The lowest BCUT2D eigenvalue weighted by molar-refractivity contribution is -0.113. The lowest BCUT2D eigenvalue weighted by Gasteiger charge is -2.17. The molecule has 5 nitrogen and oxygen atoms in total. The molecule has 1 aromatic carbocycles. The van der Waals surface area contributed by atoms with Gasteiger partial charge in [-0.2, -0.15) is 0 Å². The first kappa shape index (κ1) is 19.1. The number of thioether (sulfide) groups is 1. The second-order valence-electron chi connectivity index (χ2n) is 5.95. The van der Waals surface area contributed by atoms with Gasteiger partial charge in [0.2, 0.25) is 5.91 Å². The van der Waals surface area contributed by atoms with E-state index in [1.807, 2.05) is 31.2 Å². The maximum Gasteiger partial charge on any atom is 0.236 e. The van der Waals surface area contributed by atoms with E-state index in [-0.39, 0.29) is 5.91 Å². The minimum Gasteiger partial charge on any atom is -0.497 e. The number of ether oxygens (including phenoxy) is 1. The van der Waals surface area contributed by atoms with Crippen molar-refractivity contribution >= 4 is 50.7 Å². The molecule has 1 aromatic heterocycles. The molecular formula is C18H21N3O2S3. The van der Waals surface area contributed by atoms with Crippen LogP contribution in [0.25, 0.3) is 11.3 Å². The fourth-order valence-corrected chi connectivity index (χ4v) is 4.64. The minimum absolute atomic E-state index is 0.0772. The zero-order valence-electron chi connectivity index (χ0n) is 14.8. The lowest BCUT2D eigenvalue weighted by atomic mass is 10.1. The quantitative estimate of drug-likeness (QED) is 0.751. The Morgan fingerprint density at radius 3 is 2.69 bits per heavy atom. The molecule has 2 heterocycles. The summed E-state index contributed by atoms with van der Waals surface area (Å²) in [7, 11) is 1.64. The highest BCUT2D eigenvalue weighted by molar-refractivity contribution is 8.23. The number of carbonyl (C=O) groups is 1. The van der Waals surface area contributed by atoms with Crippen molar-refractivity contribution in [1.29, 1.82) is 0 Å². The van der Waals surface area contributed by atoms with Crippen molar-refractivity contribution < 1.29 is 9.53 Å². The molecule has 1 saturated heterocycles. The van der Waals surface area contributed by atoms with Crippen LogP contribution in [0.3, 0.4) is 0 Å². The van der Waals surface area contributed by atoms with Crippen molar-refractivity contribution in [1.82, 2.24) is 9.88 Å². The molecular weight excluding hydrogens is 386 g/mol. The number of hydrogen-bond donors (Lipinski definition) is 1. The molecule has 1 fully saturated rings. The summed E-state index contributed by atoms with van der Waals surface area (Å²) >= 11 is 8.29. The highest BCUT2D eigenvalue weighted by Crippen LogP contribution is 2.31. The number of nitrogens with one attached hydrogen (secondary N) is 1. The van der Waals surface area contributed by atoms with Gasteiger partial charge >= 0.3 is 0 Å². The van der Waals surface area contributed by atoms with E-state index in [0.717, 1.165) is 39.3 Å². The molecule has 138 valence electrons. The zero-order chi connectivity index (χ0) is 18.5. The molecule has 3 rings (SSSR count). The van der Waals surface area contributed by atoms with Gasteiger partial charge in [-0.3, -0.25) is 4.79 Å². The number of aryl methyl sites for hydroxylation is 1. The molecule has 26 heavy (non-hydrogen) atoms. The van der Waals surface area contributed by atoms with E-state index < -0.39 is 0 Å². The van der Waals surface area contributed by atoms with Crippen LogP contribution in [0.5, 0.6) is 5.75 Å². The highest BCUT2D eigenvalue weighted by atomic mass is 32.2. The number of methoxy groups -OCH3 is 1. The Bertz CT molecular complexity index is 783. The van der Waals surface area contributed by atoms with Crippen LogP contribution in [0.1, 0.15) is 17.7 Å². The normalized spacial score (nSPS) is 13.7. The van der Waals surface area contributed by atoms with Crippen LogP contribution in [0.4, 0.5) is 5.13 Å². The topological polar surface area (TPSA) is 54.5 Å². The van der Waals surface area contributed by atoms with Crippen LogP contribution in [-0.2, 0) is 4.79 Å². The SMILES string of the molecule is COc1ccc(-c2nc(NC(=O)CSC(=S)N3CCCC3)sc2C)cc1. The second-order valence-corrected chi connectivity index (χ2v) is 8.76. The van der Waals surface area contributed by atoms with Crippen LogP contribution in [0.15, 0.2) is 24.3 Å². The third-order valence-corrected chi connectivity index (χ3v) is 6.51. The second kappa shape index (κ2) is 8.83. The van der Waals surface area contributed by atoms with Crippen molar-refractivity contribution in [3.8, 4) is 17.0 Å². The molecule has 0 unspecified atom stereocenters. The third-order valence-electron chi connectivity index (χ3n) is 4.10. The maximum atomic E-state index is 12.2. The van der Waals surface area contributed by atoms with Gasteiger partial charge in [0.15, 0.2) is 5.13 Å². The number of amides is 1. The summed E-state index contributed by atoms with van der Waals surface area (Å²) in [6.45, 7) is 4.01. The zero-order valence-corrected chi connectivity index (χ0v) is 17.2. The number of benzene rings is 1. The number of thiocarbonyl (C=S) groups is 1. The molecule has 0 bridgehead atoms. The van der Waals surface area contributed by atoms with Crippen LogP contribution in [-0.4, -0.2) is 46.1 Å². The summed E-state index contributed by atoms with van der Waals surface area (Å²) in [6.07, 6.45) is 2.36. The third kappa shape index (κ3) is 4.75. The van der Waals surface area contributed by atoms with Gasteiger partial charge in [-0.1, -0.05) is 24.0 Å². The summed E-state index contributed by atoms with van der Waals surface area (Å²) in [4.78, 5) is 20.0. The lowest BCUT2D eigenvalue weighted by Crippen LogP contribution is -2.25. The van der Waals surface area contributed by atoms with Crippen LogP contribution in [0.2, 0.25) is 0 Å². The average Bonchev–Trinajstić information content (AvgIpc) is 3.30. The molecule has 8 heteroatoms. The van der Waals surface area contributed by atoms with Crippen molar-refractivity contribution in [2.24, 2.45) is 0 Å². The molecule has 0 aliphatic carbocycles. The van der Waals surface area contributed by atoms with Crippen molar-refractivity contribution in [2.75, 3.05) is 31.3 Å². The first-order valence-electron chi connectivity index (χ1n) is 8.40. The number of thiazole rings is 1. The van der Waals surface area contributed by atoms with E-state index in [2.05, 4.69) is 15.2 Å². The molecule has 1 N–H and O–H groups in total. The molecule has 1 aliphatic heterocycles. The number of carbonyl (C=O) groups excluding carboxylic acids is 1. The van der Waals surface area contributed by atoms with E-state index in [1.54, 1.807) is 7.11 Å². The summed E-state index contributed by atoms with van der Waals surface area (Å²) in [5, 5.41) is 3.50. The van der Waals surface area contributed by atoms with E-state index >= 15 is 0 Å². The first-order valence-corrected chi connectivity index (χ1v) is 10.6. The molecule has 1 amide bonds. The van der Waals surface area contributed by atoms with Gasteiger partial charge in [0, 0.05) is 23.5 Å². The van der Waals surface area contributed by atoms with Gasteiger partial charge in [0.05, 0.1) is 18.6 Å². The minimum atomic E-state index is -0.0772. The fraction of sp³-hybridized carbons (Fsp3) is 0.389. The summed E-state index contributed by atoms with van der Waals surface area (Å²) in [5.41, 5.74) is 1.89. The van der Waals surface area contributed by atoms with Crippen LogP contribution in [0, 0.1) is 6.92 Å². The van der Waals surface area contributed by atoms with Gasteiger partial charge in [0.1, 0.15) is 10.1 Å². The van der Waals surface area contributed by atoms with Crippen molar-refractivity contribution in [3.63, 3.8) is 0 Å². The summed E-state index contributed by atoms with van der Waals surface area (Å²) in [6, 6.07) is 7.75. The standard InChI is InChI=1S/C18H21N3O2S3/c1-12-16(13-5-7-14(23-2)8-6-13)20-17(26-12)19-15(22)11-25-18(24)21-9-3-4-10-21/h5-8H,3-4,9-11H2,1-2H3,(H,19,20,22). The Hall–Kier alpha value is -1.64. The Morgan fingerprint density at radius 2 is 2.04 bits per heavy atom. The predicted molar refractivity (Wildman–Crippen MR) is 113 cm³/mol. The van der Waals surface area contributed by atoms with Gasteiger partial charge in [-0.25, -0.2) is 4.98 Å². The average molecular weight is 408 g/mol. The Kier molecular flexibility index (Phi) is 6.50. The first-order chi connectivity index (χ1) is 12.6. The number of aromatic nitrogens is 1. The van der Waals surface area contributed by atoms with Gasteiger partial charge in [-0.15, -0.1) is 11.3 Å². The van der Waals surface area contributed by atoms with Crippen molar-refractivity contribution in [3.05, 3.63) is 29.1 Å². The number of rotatable bonds is 5. The van der Waals surface area contributed by atoms with Gasteiger partial charge in [-0.05, 0) is 44.0 Å². The van der Waals surface area contributed by atoms with Gasteiger partial charge in [0.25, 0.3) is 0 Å². The predicted octanol–water partition coefficient (Wildman–Crippen LogP) is 4.18. The monoisotopic (exact) mass is 407 g/mol. The molecule has 0 atom stereocenters. The van der Waals surface area contributed by atoms with E-state index in [0.29, 0.717) is 10.9 Å². The maximum absolute atomic E-state index is 12.2.